The molecule has 1 saturated heterocycles. The van der Waals surface area contributed by atoms with Crippen LogP contribution in [0.2, 0.25) is 4.34 Å². The molecular weight excluding hydrogens is 304 g/mol. The van der Waals surface area contributed by atoms with Gasteiger partial charge in [0.05, 0.1) is 9.94 Å². The van der Waals surface area contributed by atoms with Crippen molar-refractivity contribution in [3.8, 4) is 0 Å². The molecule has 1 aromatic rings. The molecule has 2 heterocycles. The van der Waals surface area contributed by atoms with Crippen LogP contribution in [0.25, 0.3) is 0 Å². The maximum atomic E-state index is 11.2. The lowest BCUT2D eigenvalue weighted by molar-refractivity contribution is -0.0306. The number of aliphatic hydroxyl groups is 1. The van der Waals surface area contributed by atoms with Crippen LogP contribution in [0.5, 0.6) is 0 Å². The van der Waals surface area contributed by atoms with Crippen LogP contribution >= 0.6 is 22.9 Å². The maximum absolute atomic E-state index is 11.2. The van der Waals surface area contributed by atoms with Crippen LogP contribution < -0.4 is 5.32 Å². The Morgan fingerprint density at radius 2 is 1.95 bits per heavy atom. The first kappa shape index (κ1) is 15.8. The van der Waals surface area contributed by atoms with Crippen LogP contribution in [0.4, 0.5) is 0 Å². The molecule has 1 unspecified atom stereocenters. The topological polar surface area (TPSA) is 35.5 Å². The first-order valence-corrected chi connectivity index (χ1v) is 9.27. The zero-order valence-corrected chi connectivity index (χ0v) is 14.1. The summed E-state index contributed by atoms with van der Waals surface area (Å²) in [5.74, 6) is 0.202. The molecule has 5 heteroatoms. The first-order valence-electron chi connectivity index (χ1n) is 8.08. The van der Waals surface area contributed by atoms with Crippen LogP contribution in [0.15, 0.2) is 12.1 Å². The van der Waals surface area contributed by atoms with Gasteiger partial charge in [-0.25, -0.2) is 0 Å². The van der Waals surface area contributed by atoms with E-state index in [1.165, 1.54) is 11.3 Å². The van der Waals surface area contributed by atoms with Crippen LogP contribution in [0.1, 0.15) is 42.9 Å². The Kier molecular flexibility index (Phi) is 5.23. The highest BCUT2D eigenvalue weighted by molar-refractivity contribution is 7.16. The van der Waals surface area contributed by atoms with E-state index in [9.17, 15) is 5.11 Å². The van der Waals surface area contributed by atoms with Crippen molar-refractivity contribution in [1.82, 2.24) is 10.2 Å². The number of hydrogen-bond acceptors (Lipinski definition) is 4. The van der Waals surface area contributed by atoms with Crippen molar-refractivity contribution in [2.45, 2.75) is 43.6 Å². The fourth-order valence-corrected chi connectivity index (χ4v) is 4.97. The molecule has 1 aromatic heterocycles. The van der Waals surface area contributed by atoms with Gasteiger partial charge >= 0.3 is 0 Å². The van der Waals surface area contributed by atoms with Crippen molar-refractivity contribution in [1.29, 1.82) is 0 Å². The van der Waals surface area contributed by atoms with Crippen molar-refractivity contribution < 1.29 is 5.11 Å². The Labute approximate surface area is 136 Å². The Morgan fingerprint density at radius 1 is 1.24 bits per heavy atom. The van der Waals surface area contributed by atoms with E-state index < -0.39 is 5.60 Å². The Bertz CT molecular complexity index is 453. The molecule has 0 aromatic carbocycles. The summed E-state index contributed by atoms with van der Waals surface area (Å²) in [5.41, 5.74) is -0.544. The van der Waals surface area contributed by atoms with Gasteiger partial charge in [0.15, 0.2) is 0 Å². The van der Waals surface area contributed by atoms with E-state index in [-0.39, 0.29) is 5.92 Å². The normalized spacial score (nSPS) is 24.9. The summed E-state index contributed by atoms with van der Waals surface area (Å²) in [4.78, 5) is 3.74. The summed E-state index contributed by atoms with van der Waals surface area (Å²) in [6.07, 6.45) is 5.41. The zero-order valence-electron chi connectivity index (χ0n) is 12.5. The molecule has 2 N–H and O–H groups in total. The molecule has 21 heavy (non-hydrogen) atoms. The highest BCUT2D eigenvalue weighted by Crippen LogP contribution is 2.43. The van der Waals surface area contributed by atoms with Gasteiger partial charge in [-0.2, -0.15) is 0 Å². The number of halogens is 1. The third-order valence-electron chi connectivity index (χ3n) is 4.96. The van der Waals surface area contributed by atoms with Gasteiger partial charge in [0.2, 0.25) is 0 Å². The standard InChI is InChI=1S/C16H25ClN2OS/c17-15-5-4-14(21-15)13(12-19-10-8-18-9-11-19)16(20)6-2-1-3-7-16/h4-5,13,18,20H,1-3,6-12H2. The van der Waals surface area contributed by atoms with Gasteiger partial charge in [-0.3, -0.25) is 0 Å². The Morgan fingerprint density at radius 3 is 2.57 bits per heavy atom. The second kappa shape index (κ2) is 6.97. The molecule has 3 rings (SSSR count). The number of piperazine rings is 1. The van der Waals surface area contributed by atoms with Crippen molar-refractivity contribution in [3.05, 3.63) is 21.3 Å². The fraction of sp³-hybridized carbons (Fsp3) is 0.750. The number of nitrogens with zero attached hydrogens (tertiary/aromatic N) is 1. The van der Waals surface area contributed by atoms with Crippen molar-refractivity contribution in [2.24, 2.45) is 0 Å². The van der Waals surface area contributed by atoms with Gasteiger partial charge in [-0.05, 0) is 25.0 Å². The fourth-order valence-electron chi connectivity index (χ4n) is 3.70. The summed E-state index contributed by atoms with van der Waals surface area (Å²) in [6, 6.07) is 4.09. The van der Waals surface area contributed by atoms with Crippen LogP contribution in [-0.2, 0) is 0 Å². The van der Waals surface area contributed by atoms with E-state index in [1.807, 2.05) is 6.07 Å². The molecule has 1 saturated carbocycles. The average molecular weight is 329 g/mol. The largest absolute Gasteiger partial charge is 0.389 e. The highest BCUT2D eigenvalue weighted by atomic mass is 35.5. The summed E-state index contributed by atoms with van der Waals surface area (Å²) < 4.78 is 0.828. The van der Waals surface area contributed by atoms with E-state index in [0.29, 0.717) is 0 Å². The van der Waals surface area contributed by atoms with Crippen LogP contribution in [0.3, 0.4) is 0 Å². The molecule has 0 radical (unpaired) electrons. The van der Waals surface area contributed by atoms with E-state index in [1.54, 1.807) is 11.3 Å². The lowest BCUT2D eigenvalue weighted by Crippen LogP contribution is -2.49. The molecule has 1 atom stereocenters. The molecule has 118 valence electrons. The minimum atomic E-state index is -0.544. The Balaban J connectivity index is 1.79. The van der Waals surface area contributed by atoms with E-state index >= 15 is 0 Å². The molecule has 0 spiro atoms. The zero-order chi connectivity index (χ0) is 14.7. The highest BCUT2D eigenvalue weighted by Gasteiger charge is 2.40. The van der Waals surface area contributed by atoms with Crippen molar-refractivity contribution in [3.63, 3.8) is 0 Å². The number of rotatable bonds is 4. The van der Waals surface area contributed by atoms with Crippen LogP contribution in [0, 0.1) is 0 Å². The quantitative estimate of drug-likeness (QED) is 0.891. The summed E-state index contributed by atoms with van der Waals surface area (Å²) >= 11 is 7.78. The molecule has 1 aliphatic carbocycles. The maximum Gasteiger partial charge on any atom is 0.0931 e. The molecule has 2 fully saturated rings. The monoisotopic (exact) mass is 328 g/mol. The number of hydrogen-bond donors (Lipinski definition) is 2. The molecular formula is C16H25ClN2OS. The van der Waals surface area contributed by atoms with Gasteiger partial charge in [0.25, 0.3) is 0 Å². The summed E-state index contributed by atoms with van der Waals surface area (Å²) in [6.45, 7) is 5.21. The van der Waals surface area contributed by atoms with E-state index in [2.05, 4.69) is 16.3 Å². The third-order valence-corrected chi connectivity index (χ3v) is 6.30. The minimum Gasteiger partial charge on any atom is -0.389 e. The van der Waals surface area contributed by atoms with E-state index in [0.717, 1.165) is 62.7 Å². The van der Waals surface area contributed by atoms with Gasteiger partial charge in [0, 0.05) is 43.5 Å². The first-order chi connectivity index (χ1) is 10.2. The number of thiophene rings is 1. The average Bonchev–Trinajstić information content (AvgIpc) is 2.93. The second-order valence-electron chi connectivity index (χ2n) is 6.41. The van der Waals surface area contributed by atoms with Crippen LogP contribution in [-0.4, -0.2) is 48.3 Å². The SMILES string of the molecule is OC1(C(CN2CCNCC2)c2ccc(Cl)s2)CCCCC1. The van der Waals surface area contributed by atoms with Gasteiger partial charge in [-0.15, -0.1) is 11.3 Å². The molecule has 0 amide bonds. The molecule has 2 aliphatic rings. The predicted octanol–water partition coefficient (Wildman–Crippen LogP) is 3.09. The lowest BCUT2D eigenvalue weighted by Gasteiger charge is -2.42. The molecule has 1 aliphatic heterocycles. The number of nitrogens with one attached hydrogen (secondary N) is 1. The summed E-state index contributed by atoms with van der Waals surface area (Å²) in [7, 11) is 0. The summed E-state index contributed by atoms with van der Waals surface area (Å²) in [5, 5.41) is 14.6. The van der Waals surface area contributed by atoms with Crippen molar-refractivity contribution >= 4 is 22.9 Å². The van der Waals surface area contributed by atoms with Gasteiger partial charge in [-0.1, -0.05) is 30.9 Å². The predicted molar refractivity (Wildman–Crippen MR) is 89.4 cm³/mol. The van der Waals surface area contributed by atoms with Gasteiger partial charge in [0.1, 0.15) is 0 Å². The van der Waals surface area contributed by atoms with Crippen molar-refractivity contribution in [2.75, 3.05) is 32.7 Å². The van der Waals surface area contributed by atoms with Gasteiger partial charge < -0.3 is 15.3 Å². The Hall–Kier alpha value is -0.130. The van der Waals surface area contributed by atoms with E-state index in [4.69, 9.17) is 11.6 Å². The lowest BCUT2D eigenvalue weighted by atomic mass is 9.74. The molecule has 0 bridgehead atoms. The molecule has 3 nitrogen and oxygen atoms in total. The minimum absolute atomic E-state index is 0.202. The smallest absolute Gasteiger partial charge is 0.0931 e. The third kappa shape index (κ3) is 3.80. The second-order valence-corrected chi connectivity index (χ2v) is 8.16.